The number of carboxylic acids is 1. The molecule has 0 radical (unpaired) electrons. The van der Waals surface area contributed by atoms with E-state index in [1.807, 2.05) is 21.0 Å². The number of rotatable bonds is 4. The summed E-state index contributed by atoms with van der Waals surface area (Å²) in [5, 5.41) is 14.7. The van der Waals surface area contributed by atoms with Gasteiger partial charge in [0.15, 0.2) is 5.65 Å². The van der Waals surface area contributed by atoms with Gasteiger partial charge in [-0.05, 0) is 32.6 Å². The second-order valence-corrected chi connectivity index (χ2v) is 5.92. The standard InChI is InChI=1S/C15H20N4O2/c1-8-12-13(18(3)9(2)10-5-6-10)11(15(20)21)7-16-14(12)19(4)17-8/h7,9-10H,5-6H2,1-4H3,(H,20,21). The van der Waals surface area contributed by atoms with E-state index in [4.69, 9.17) is 0 Å². The molecule has 2 aromatic rings. The van der Waals surface area contributed by atoms with Crippen LogP contribution in [0.2, 0.25) is 0 Å². The zero-order chi connectivity index (χ0) is 15.3. The molecule has 1 fully saturated rings. The maximum absolute atomic E-state index is 11.6. The molecular formula is C15H20N4O2. The molecular weight excluding hydrogens is 268 g/mol. The molecule has 0 saturated heterocycles. The summed E-state index contributed by atoms with van der Waals surface area (Å²) >= 11 is 0. The number of carboxylic acid groups (broad SMARTS) is 1. The molecule has 0 spiro atoms. The van der Waals surface area contributed by atoms with Crippen molar-refractivity contribution in [2.45, 2.75) is 32.7 Å². The van der Waals surface area contributed by atoms with Gasteiger partial charge in [-0.15, -0.1) is 0 Å². The summed E-state index contributed by atoms with van der Waals surface area (Å²) in [4.78, 5) is 18.0. The van der Waals surface area contributed by atoms with Gasteiger partial charge < -0.3 is 10.0 Å². The second-order valence-electron chi connectivity index (χ2n) is 5.92. The van der Waals surface area contributed by atoms with Crippen LogP contribution in [0.5, 0.6) is 0 Å². The van der Waals surface area contributed by atoms with Crippen molar-refractivity contribution >= 4 is 22.7 Å². The van der Waals surface area contributed by atoms with Crippen LogP contribution in [0.4, 0.5) is 5.69 Å². The molecule has 6 nitrogen and oxygen atoms in total. The Morgan fingerprint density at radius 1 is 1.52 bits per heavy atom. The number of fused-ring (bicyclic) bond motifs is 1. The van der Waals surface area contributed by atoms with Crippen LogP contribution in [-0.2, 0) is 7.05 Å². The molecule has 1 unspecified atom stereocenters. The number of anilines is 1. The molecule has 0 amide bonds. The third-order valence-electron chi connectivity index (χ3n) is 4.50. The number of nitrogens with zero attached hydrogens (tertiary/aromatic N) is 4. The van der Waals surface area contributed by atoms with Gasteiger partial charge in [-0.1, -0.05) is 0 Å². The van der Waals surface area contributed by atoms with Gasteiger partial charge in [0.05, 0.1) is 16.8 Å². The average molecular weight is 288 g/mol. The molecule has 1 saturated carbocycles. The maximum Gasteiger partial charge on any atom is 0.339 e. The zero-order valence-corrected chi connectivity index (χ0v) is 12.8. The van der Waals surface area contributed by atoms with Gasteiger partial charge >= 0.3 is 5.97 Å². The predicted molar refractivity (Wildman–Crippen MR) is 80.8 cm³/mol. The highest BCUT2D eigenvalue weighted by molar-refractivity contribution is 6.04. The van der Waals surface area contributed by atoms with Crippen molar-refractivity contribution < 1.29 is 9.90 Å². The summed E-state index contributed by atoms with van der Waals surface area (Å²) in [6.07, 6.45) is 3.87. The van der Waals surface area contributed by atoms with E-state index in [0.717, 1.165) is 22.4 Å². The van der Waals surface area contributed by atoms with Crippen LogP contribution in [0.25, 0.3) is 11.0 Å². The Labute approximate surface area is 123 Å². The zero-order valence-electron chi connectivity index (χ0n) is 12.8. The third-order valence-corrected chi connectivity index (χ3v) is 4.50. The molecule has 1 aliphatic rings. The maximum atomic E-state index is 11.6. The first-order valence-electron chi connectivity index (χ1n) is 7.20. The smallest absolute Gasteiger partial charge is 0.339 e. The summed E-state index contributed by atoms with van der Waals surface area (Å²) in [6.45, 7) is 4.05. The molecule has 6 heteroatoms. The molecule has 1 aliphatic carbocycles. The third kappa shape index (κ3) is 2.14. The monoisotopic (exact) mass is 288 g/mol. The van der Waals surface area contributed by atoms with Crippen molar-refractivity contribution in [1.82, 2.24) is 14.8 Å². The van der Waals surface area contributed by atoms with E-state index >= 15 is 0 Å². The Hall–Kier alpha value is -2.11. The normalized spacial score (nSPS) is 16.2. The summed E-state index contributed by atoms with van der Waals surface area (Å²) in [6, 6.07) is 0.313. The van der Waals surface area contributed by atoms with E-state index in [2.05, 4.69) is 21.9 Å². The lowest BCUT2D eigenvalue weighted by Gasteiger charge is -2.29. The first kappa shape index (κ1) is 13.9. The van der Waals surface area contributed by atoms with Gasteiger partial charge in [0.1, 0.15) is 5.56 Å². The molecule has 1 N–H and O–H groups in total. The first-order chi connectivity index (χ1) is 9.91. The lowest BCUT2D eigenvalue weighted by molar-refractivity contribution is 0.0697. The first-order valence-corrected chi connectivity index (χ1v) is 7.20. The number of aryl methyl sites for hydroxylation is 2. The van der Waals surface area contributed by atoms with Crippen LogP contribution in [-0.4, -0.2) is 38.9 Å². The second kappa shape index (κ2) is 4.72. The van der Waals surface area contributed by atoms with Crippen LogP contribution in [0.3, 0.4) is 0 Å². The summed E-state index contributed by atoms with van der Waals surface area (Å²) in [5.74, 6) is -0.297. The number of aromatic carboxylic acids is 1. The van der Waals surface area contributed by atoms with Crippen LogP contribution in [0.15, 0.2) is 6.20 Å². The van der Waals surface area contributed by atoms with Crippen molar-refractivity contribution in [3.05, 3.63) is 17.5 Å². The quantitative estimate of drug-likeness (QED) is 0.934. The molecule has 0 aromatic carbocycles. The Morgan fingerprint density at radius 3 is 2.76 bits per heavy atom. The van der Waals surface area contributed by atoms with Gasteiger partial charge in [0.2, 0.25) is 0 Å². The number of hydrogen-bond acceptors (Lipinski definition) is 4. The van der Waals surface area contributed by atoms with E-state index in [9.17, 15) is 9.90 Å². The Kier molecular flexibility index (Phi) is 3.11. The van der Waals surface area contributed by atoms with Crippen LogP contribution in [0, 0.1) is 12.8 Å². The lowest BCUT2D eigenvalue weighted by Crippen LogP contribution is -2.32. The minimum Gasteiger partial charge on any atom is -0.478 e. The lowest BCUT2D eigenvalue weighted by atomic mass is 10.1. The van der Waals surface area contributed by atoms with Gasteiger partial charge in [-0.3, -0.25) is 4.68 Å². The number of hydrogen-bond donors (Lipinski definition) is 1. The number of aromatic nitrogens is 3. The van der Waals surface area contributed by atoms with Crippen LogP contribution >= 0.6 is 0 Å². The number of pyridine rings is 1. The van der Waals surface area contributed by atoms with Crippen molar-refractivity contribution in [1.29, 1.82) is 0 Å². The highest BCUT2D eigenvalue weighted by Crippen LogP contribution is 2.39. The summed E-state index contributed by atoms with van der Waals surface area (Å²) < 4.78 is 1.70. The van der Waals surface area contributed by atoms with Gasteiger partial charge in [0, 0.05) is 26.3 Å². The van der Waals surface area contributed by atoms with E-state index < -0.39 is 5.97 Å². The minimum atomic E-state index is -0.947. The van der Waals surface area contributed by atoms with Gasteiger partial charge in [0.25, 0.3) is 0 Å². The Balaban J connectivity index is 2.25. The fraction of sp³-hybridized carbons (Fsp3) is 0.533. The summed E-state index contributed by atoms with van der Waals surface area (Å²) in [5.41, 5.74) is 2.52. The molecule has 1 atom stereocenters. The van der Waals surface area contributed by atoms with Gasteiger partial charge in [-0.25, -0.2) is 9.78 Å². The highest BCUT2D eigenvalue weighted by Gasteiger charge is 2.33. The predicted octanol–water partition coefficient (Wildman–Crippen LogP) is 2.21. The van der Waals surface area contributed by atoms with Crippen molar-refractivity contribution in [2.75, 3.05) is 11.9 Å². The molecule has 2 aromatic heterocycles. The topological polar surface area (TPSA) is 71.2 Å². The Bertz CT molecular complexity index is 718. The van der Waals surface area contributed by atoms with Crippen LogP contribution in [0.1, 0.15) is 35.8 Å². The van der Waals surface area contributed by atoms with Crippen molar-refractivity contribution in [3.63, 3.8) is 0 Å². The fourth-order valence-corrected chi connectivity index (χ4v) is 3.01. The molecule has 3 rings (SSSR count). The van der Waals surface area contributed by atoms with E-state index in [-0.39, 0.29) is 5.56 Å². The molecule has 21 heavy (non-hydrogen) atoms. The highest BCUT2D eigenvalue weighted by atomic mass is 16.4. The average Bonchev–Trinajstić information content (AvgIpc) is 3.24. The van der Waals surface area contributed by atoms with E-state index in [0.29, 0.717) is 12.0 Å². The fourth-order valence-electron chi connectivity index (χ4n) is 3.01. The molecule has 2 heterocycles. The van der Waals surface area contributed by atoms with Crippen molar-refractivity contribution in [3.8, 4) is 0 Å². The largest absolute Gasteiger partial charge is 0.478 e. The Morgan fingerprint density at radius 2 is 2.19 bits per heavy atom. The van der Waals surface area contributed by atoms with E-state index in [1.54, 1.807) is 4.68 Å². The molecule has 0 aliphatic heterocycles. The van der Waals surface area contributed by atoms with Crippen molar-refractivity contribution in [2.24, 2.45) is 13.0 Å². The molecule has 0 bridgehead atoms. The minimum absolute atomic E-state index is 0.244. The van der Waals surface area contributed by atoms with E-state index in [1.165, 1.54) is 19.0 Å². The molecule has 112 valence electrons. The number of carbonyl (C=O) groups is 1. The SMILES string of the molecule is Cc1nn(C)c2ncc(C(=O)O)c(N(C)C(C)C3CC3)c12. The van der Waals surface area contributed by atoms with Crippen LogP contribution < -0.4 is 4.90 Å². The van der Waals surface area contributed by atoms with Gasteiger partial charge in [-0.2, -0.15) is 5.10 Å². The summed E-state index contributed by atoms with van der Waals surface area (Å²) in [7, 11) is 3.80.